The number of fused-ring (bicyclic) bond motifs is 1. The van der Waals surface area contributed by atoms with Crippen molar-refractivity contribution >= 4 is 23.2 Å². The van der Waals surface area contributed by atoms with Gasteiger partial charge in [-0.25, -0.2) is 4.39 Å². The van der Waals surface area contributed by atoms with Gasteiger partial charge in [0.1, 0.15) is 18.2 Å². The van der Waals surface area contributed by atoms with Crippen LogP contribution < -0.4 is 4.74 Å². The molecule has 1 aromatic carbocycles. The number of amides is 2. The lowest BCUT2D eigenvalue weighted by atomic mass is 10.00. The highest BCUT2D eigenvalue weighted by Crippen LogP contribution is 2.34. The van der Waals surface area contributed by atoms with Crippen molar-refractivity contribution in [2.45, 2.75) is 45.7 Å². The first kappa shape index (κ1) is 21.3. The zero-order chi connectivity index (χ0) is 21.0. The Kier molecular flexibility index (Phi) is 6.90. The third kappa shape index (κ3) is 4.96. The Hall–Kier alpha value is -2.41. The Morgan fingerprint density at radius 1 is 1.38 bits per heavy atom. The SMILES string of the molecule is CC[C@@H](C)N(CC(=O)N1CCc2sccc2[C@@H]1COc1cccc(F)c1)C(C)=O. The van der Waals surface area contributed by atoms with Gasteiger partial charge < -0.3 is 14.5 Å². The van der Waals surface area contributed by atoms with E-state index in [9.17, 15) is 14.0 Å². The van der Waals surface area contributed by atoms with E-state index in [2.05, 4.69) is 0 Å². The molecule has 156 valence electrons. The van der Waals surface area contributed by atoms with Crippen LogP contribution in [0.3, 0.4) is 0 Å². The first-order valence-electron chi connectivity index (χ1n) is 9.92. The fraction of sp³-hybridized carbons (Fsp3) is 0.455. The second kappa shape index (κ2) is 9.39. The van der Waals surface area contributed by atoms with Crippen molar-refractivity contribution in [3.8, 4) is 5.75 Å². The van der Waals surface area contributed by atoms with Crippen LogP contribution in [0.5, 0.6) is 5.75 Å². The Labute approximate surface area is 175 Å². The molecule has 0 aliphatic carbocycles. The summed E-state index contributed by atoms with van der Waals surface area (Å²) in [5.74, 6) is -0.121. The zero-order valence-corrected chi connectivity index (χ0v) is 17.9. The Bertz CT molecular complexity index is 869. The molecule has 1 aliphatic heterocycles. The Balaban J connectivity index is 1.78. The van der Waals surface area contributed by atoms with Crippen molar-refractivity contribution in [1.82, 2.24) is 9.80 Å². The molecular weight excluding hydrogens is 391 g/mol. The van der Waals surface area contributed by atoms with Crippen molar-refractivity contribution in [3.63, 3.8) is 0 Å². The Morgan fingerprint density at radius 2 is 2.17 bits per heavy atom. The van der Waals surface area contributed by atoms with E-state index in [0.29, 0.717) is 12.3 Å². The molecule has 2 heterocycles. The second-order valence-corrected chi connectivity index (χ2v) is 8.33. The smallest absolute Gasteiger partial charge is 0.242 e. The highest BCUT2D eigenvalue weighted by Gasteiger charge is 2.33. The highest BCUT2D eigenvalue weighted by atomic mass is 32.1. The van der Waals surface area contributed by atoms with Crippen molar-refractivity contribution in [1.29, 1.82) is 0 Å². The van der Waals surface area contributed by atoms with Crippen molar-refractivity contribution in [3.05, 3.63) is 52.0 Å². The van der Waals surface area contributed by atoms with Crippen LogP contribution in [0.15, 0.2) is 35.7 Å². The number of halogens is 1. The van der Waals surface area contributed by atoms with Crippen LogP contribution in [0, 0.1) is 5.82 Å². The molecule has 0 fully saturated rings. The predicted octanol–water partition coefficient (Wildman–Crippen LogP) is 4.04. The normalized spacial score (nSPS) is 16.8. The molecule has 2 amide bonds. The van der Waals surface area contributed by atoms with Crippen LogP contribution in [0.1, 0.15) is 43.7 Å². The van der Waals surface area contributed by atoms with E-state index in [1.165, 1.54) is 23.9 Å². The van der Waals surface area contributed by atoms with Crippen molar-refractivity contribution in [2.75, 3.05) is 19.7 Å². The van der Waals surface area contributed by atoms with E-state index in [-0.39, 0.29) is 42.9 Å². The third-order valence-electron chi connectivity index (χ3n) is 5.45. The minimum absolute atomic E-state index is 0.0000528. The topological polar surface area (TPSA) is 49.9 Å². The van der Waals surface area contributed by atoms with Gasteiger partial charge in [-0.1, -0.05) is 13.0 Å². The summed E-state index contributed by atoms with van der Waals surface area (Å²) < 4.78 is 19.3. The van der Waals surface area contributed by atoms with Crippen LogP contribution in [0.4, 0.5) is 4.39 Å². The highest BCUT2D eigenvalue weighted by molar-refractivity contribution is 7.10. The summed E-state index contributed by atoms with van der Waals surface area (Å²) in [7, 11) is 0. The molecule has 0 spiro atoms. The fourth-order valence-electron chi connectivity index (χ4n) is 3.64. The maximum atomic E-state index is 13.5. The maximum absolute atomic E-state index is 13.5. The number of carbonyl (C=O) groups is 2. The quantitative estimate of drug-likeness (QED) is 0.682. The lowest BCUT2D eigenvalue weighted by Gasteiger charge is -2.37. The van der Waals surface area contributed by atoms with Crippen molar-refractivity contribution in [2.24, 2.45) is 0 Å². The maximum Gasteiger partial charge on any atom is 0.242 e. The van der Waals surface area contributed by atoms with Gasteiger partial charge >= 0.3 is 0 Å². The number of hydrogen-bond acceptors (Lipinski definition) is 4. The molecule has 0 unspecified atom stereocenters. The van der Waals surface area contributed by atoms with E-state index >= 15 is 0 Å². The Morgan fingerprint density at radius 3 is 2.86 bits per heavy atom. The summed E-state index contributed by atoms with van der Waals surface area (Å²) in [5, 5.41) is 2.02. The fourth-order valence-corrected chi connectivity index (χ4v) is 4.57. The van der Waals surface area contributed by atoms with E-state index in [0.717, 1.165) is 18.4 Å². The minimum atomic E-state index is -0.360. The molecule has 1 aliphatic rings. The molecule has 3 rings (SSSR count). The summed E-state index contributed by atoms with van der Waals surface area (Å²) in [6.45, 7) is 6.32. The zero-order valence-electron chi connectivity index (χ0n) is 17.1. The monoisotopic (exact) mass is 418 g/mol. The number of rotatable bonds is 7. The molecule has 0 radical (unpaired) electrons. The van der Waals surface area contributed by atoms with Gasteiger partial charge in [0.2, 0.25) is 11.8 Å². The van der Waals surface area contributed by atoms with Crippen LogP contribution in [0.25, 0.3) is 0 Å². The summed E-state index contributed by atoms with van der Waals surface area (Å²) in [6, 6.07) is 7.77. The molecule has 0 N–H and O–H groups in total. The summed E-state index contributed by atoms with van der Waals surface area (Å²) in [6.07, 6.45) is 1.58. The summed E-state index contributed by atoms with van der Waals surface area (Å²) >= 11 is 1.68. The van der Waals surface area contributed by atoms with Crippen LogP contribution in [-0.2, 0) is 16.0 Å². The molecule has 0 bridgehead atoms. The van der Waals surface area contributed by atoms with E-state index in [4.69, 9.17) is 4.74 Å². The standard InChI is InChI=1S/C22H27FN2O3S/c1-4-15(2)25(16(3)26)13-22(27)24-10-8-21-19(9-11-29-21)20(24)14-28-18-7-5-6-17(23)12-18/h5-7,9,11-12,15,20H,4,8,10,13-14H2,1-3H3/t15-,20+/m1/s1. The number of nitrogens with zero attached hydrogens (tertiary/aromatic N) is 2. The second-order valence-electron chi connectivity index (χ2n) is 7.32. The number of ether oxygens (including phenoxy) is 1. The average molecular weight is 419 g/mol. The first-order chi connectivity index (χ1) is 13.9. The minimum Gasteiger partial charge on any atom is -0.491 e. The van der Waals surface area contributed by atoms with Gasteiger partial charge in [0.05, 0.1) is 12.6 Å². The van der Waals surface area contributed by atoms with E-state index < -0.39 is 0 Å². The first-order valence-corrected chi connectivity index (χ1v) is 10.8. The van der Waals surface area contributed by atoms with Crippen molar-refractivity contribution < 1.29 is 18.7 Å². The van der Waals surface area contributed by atoms with Gasteiger partial charge in [-0.05, 0) is 48.9 Å². The molecule has 0 saturated carbocycles. The molecular formula is C22H27FN2O3S. The van der Waals surface area contributed by atoms with Crippen LogP contribution in [-0.4, -0.2) is 47.4 Å². The molecule has 7 heteroatoms. The number of thiophene rings is 1. The third-order valence-corrected chi connectivity index (χ3v) is 6.45. The molecule has 2 aromatic rings. The average Bonchev–Trinajstić information content (AvgIpc) is 3.18. The van der Waals surface area contributed by atoms with E-state index in [1.54, 1.807) is 33.3 Å². The van der Waals surface area contributed by atoms with Gasteiger partial charge in [-0.2, -0.15) is 0 Å². The largest absolute Gasteiger partial charge is 0.491 e. The lowest BCUT2D eigenvalue weighted by Crippen LogP contribution is -2.49. The molecule has 5 nitrogen and oxygen atoms in total. The van der Waals surface area contributed by atoms with Crippen LogP contribution in [0.2, 0.25) is 0 Å². The number of carbonyl (C=O) groups excluding carboxylic acids is 2. The molecule has 29 heavy (non-hydrogen) atoms. The number of hydrogen-bond donors (Lipinski definition) is 0. The predicted molar refractivity (Wildman–Crippen MR) is 112 cm³/mol. The lowest BCUT2D eigenvalue weighted by molar-refractivity contribution is -0.143. The van der Waals surface area contributed by atoms with Crippen LogP contribution >= 0.6 is 11.3 Å². The van der Waals surface area contributed by atoms with Gasteiger partial charge in [0.25, 0.3) is 0 Å². The van der Waals surface area contributed by atoms with Gasteiger partial charge in [0, 0.05) is 30.5 Å². The number of benzene rings is 1. The molecule has 2 atom stereocenters. The van der Waals surface area contributed by atoms with Gasteiger partial charge in [-0.15, -0.1) is 11.3 Å². The summed E-state index contributed by atoms with van der Waals surface area (Å²) in [5.41, 5.74) is 1.07. The van der Waals surface area contributed by atoms with Gasteiger partial charge in [-0.3, -0.25) is 9.59 Å². The molecule has 0 saturated heterocycles. The van der Waals surface area contributed by atoms with Gasteiger partial charge in [0.15, 0.2) is 0 Å². The molecule has 1 aromatic heterocycles. The summed E-state index contributed by atoms with van der Waals surface area (Å²) in [4.78, 5) is 29.9. The van der Waals surface area contributed by atoms with E-state index in [1.807, 2.05) is 25.3 Å².